The van der Waals surface area contributed by atoms with Gasteiger partial charge in [-0.15, -0.1) is 0 Å². The number of nitro groups is 1. The van der Waals surface area contributed by atoms with Gasteiger partial charge in [-0.2, -0.15) is 5.10 Å². The molecular formula is C14H18N4O7S. The predicted octanol–water partition coefficient (Wildman–Crippen LogP) is -1.81. The molecule has 1 aromatic rings. The molecular weight excluding hydrogens is 368 g/mol. The van der Waals surface area contributed by atoms with Crippen LogP contribution in [-0.4, -0.2) is 73.9 Å². The van der Waals surface area contributed by atoms with E-state index in [0.717, 1.165) is 0 Å². The third-order valence-corrected chi connectivity index (χ3v) is 3.86. The number of aliphatic hydroxyl groups is 4. The second kappa shape index (κ2) is 8.93. The van der Waals surface area contributed by atoms with Crippen molar-refractivity contribution in [3.63, 3.8) is 0 Å². The first-order chi connectivity index (χ1) is 12.3. The maximum absolute atomic E-state index is 10.6. The fraction of sp³-hybridized carbons (Fsp3) is 0.429. The second-order valence-corrected chi connectivity index (χ2v) is 5.85. The highest BCUT2D eigenvalue weighted by molar-refractivity contribution is 7.80. The van der Waals surface area contributed by atoms with Gasteiger partial charge in [0.05, 0.1) is 17.7 Å². The molecule has 1 heterocycles. The molecule has 0 aliphatic carbocycles. The maximum Gasteiger partial charge on any atom is 0.269 e. The fourth-order valence-electron chi connectivity index (χ4n) is 2.23. The lowest BCUT2D eigenvalue weighted by Crippen LogP contribution is -2.63. The molecule has 1 aliphatic heterocycles. The fourth-order valence-corrected chi connectivity index (χ4v) is 2.40. The molecule has 0 saturated carbocycles. The minimum atomic E-state index is -1.52. The quantitative estimate of drug-likeness (QED) is 0.147. The Labute approximate surface area is 153 Å². The van der Waals surface area contributed by atoms with Crippen LogP contribution in [-0.2, 0) is 4.74 Å². The molecule has 0 radical (unpaired) electrons. The summed E-state index contributed by atoms with van der Waals surface area (Å²) in [5, 5.41) is 55.3. The molecule has 1 aromatic carbocycles. The van der Waals surface area contributed by atoms with Gasteiger partial charge in [0.25, 0.3) is 5.69 Å². The standard InChI is InChI=1S/C14H18N4O7S/c19-6-9-10(20)11(21)12(22)13(25-9)16-14(26)17-15-5-7-1-3-8(4-2-7)18(23)24/h1-5,9-13,19-22H,6H2,(H2,16,17,26)/b15-5+/t9-,10-,11+,12-,13-/m1/s1. The number of benzene rings is 1. The van der Waals surface area contributed by atoms with Crippen LogP contribution >= 0.6 is 12.2 Å². The summed E-state index contributed by atoms with van der Waals surface area (Å²) in [6, 6.07) is 5.65. The Bertz CT molecular complexity index is 670. The Morgan fingerprint density at radius 1 is 1.27 bits per heavy atom. The molecule has 12 heteroatoms. The predicted molar refractivity (Wildman–Crippen MR) is 93.3 cm³/mol. The van der Waals surface area contributed by atoms with E-state index in [2.05, 4.69) is 15.8 Å². The van der Waals surface area contributed by atoms with Crippen molar-refractivity contribution in [2.24, 2.45) is 5.10 Å². The van der Waals surface area contributed by atoms with Gasteiger partial charge in [0.15, 0.2) is 11.3 Å². The average molecular weight is 386 g/mol. The minimum absolute atomic E-state index is 0.0464. The van der Waals surface area contributed by atoms with E-state index in [1.54, 1.807) is 0 Å². The molecule has 6 N–H and O–H groups in total. The normalized spacial score (nSPS) is 28.7. The van der Waals surface area contributed by atoms with E-state index in [4.69, 9.17) is 22.1 Å². The first kappa shape index (κ1) is 20.1. The molecule has 1 fully saturated rings. The Kier molecular flexibility index (Phi) is 6.90. The van der Waals surface area contributed by atoms with E-state index < -0.39 is 42.2 Å². The van der Waals surface area contributed by atoms with Gasteiger partial charge in [-0.3, -0.25) is 15.5 Å². The third kappa shape index (κ3) is 4.91. The smallest absolute Gasteiger partial charge is 0.269 e. The van der Waals surface area contributed by atoms with Gasteiger partial charge in [0, 0.05) is 12.1 Å². The van der Waals surface area contributed by atoms with Gasteiger partial charge >= 0.3 is 0 Å². The van der Waals surface area contributed by atoms with E-state index in [9.17, 15) is 25.4 Å². The lowest BCUT2D eigenvalue weighted by atomic mass is 9.98. The summed E-state index contributed by atoms with van der Waals surface area (Å²) < 4.78 is 5.24. The number of thiocarbonyl (C=S) groups is 1. The van der Waals surface area contributed by atoms with Gasteiger partial charge in [-0.05, 0) is 29.9 Å². The van der Waals surface area contributed by atoms with Crippen LogP contribution in [0, 0.1) is 10.1 Å². The van der Waals surface area contributed by atoms with Gasteiger partial charge in [0.2, 0.25) is 0 Å². The van der Waals surface area contributed by atoms with Crippen LogP contribution < -0.4 is 10.7 Å². The zero-order valence-electron chi connectivity index (χ0n) is 13.3. The molecule has 11 nitrogen and oxygen atoms in total. The lowest BCUT2D eigenvalue weighted by molar-refractivity contribution is -0.384. The Morgan fingerprint density at radius 2 is 1.92 bits per heavy atom. The molecule has 0 bridgehead atoms. The van der Waals surface area contributed by atoms with Crippen LogP contribution in [0.15, 0.2) is 29.4 Å². The van der Waals surface area contributed by atoms with Crippen LogP contribution in [0.3, 0.4) is 0 Å². The molecule has 142 valence electrons. The minimum Gasteiger partial charge on any atom is -0.394 e. The first-order valence-corrected chi connectivity index (χ1v) is 7.89. The Hall–Kier alpha value is -2.22. The van der Waals surface area contributed by atoms with E-state index in [0.29, 0.717) is 5.56 Å². The SMILES string of the molecule is O=[N+]([O-])c1ccc(/C=N/NC(=S)N[C@@H]2O[C@H](CO)[C@@H](O)[C@H](O)[C@H]2O)cc1. The molecule has 0 spiro atoms. The Morgan fingerprint density at radius 3 is 2.50 bits per heavy atom. The molecule has 1 saturated heterocycles. The molecule has 0 unspecified atom stereocenters. The number of ether oxygens (including phenoxy) is 1. The van der Waals surface area contributed by atoms with E-state index in [1.807, 2.05) is 0 Å². The maximum atomic E-state index is 10.6. The summed E-state index contributed by atoms with van der Waals surface area (Å²) in [4.78, 5) is 10.1. The summed E-state index contributed by atoms with van der Waals surface area (Å²) in [6.07, 6.45) is -5.33. The van der Waals surface area contributed by atoms with Crippen LogP contribution in [0.5, 0.6) is 0 Å². The monoisotopic (exact) mass is 386 g/mol. The van der Waals surface area contributed by atoms with Gasteiger partial charge in [0.1, 0.15) is 24.4 Å². The lowest BCUT2D eigenvalue weighted by Gasteiger charge is -2.40. The zero-order valence-corrected chi connectivity index (χ0v) is 14.1. The molecule has 5 atom stereocenters. The van der Waals surface area contributed by atoms with Crippen molar-refractivity contribution >= 4 is 29.2 Å². The number of hydrogen-bond donors (Lipinski definition) is 6. The molecule has 0 amide bonds. The zero-order chi connectivity index (χ0) is 19.3. The highest BCUT2D eigenvalue weighted by Crippen LogP contribution is 2.19. The topological polar surface area (TPSA) is 170 Å². The number of rotatable bonds is 5. The van der Waals surface area contributed by atoms with Crippen molar-refractivity contribution in [3.8, 4) is 0 Å². The average Bonchev–Trinajstić information content (AvgIpc) is 2.62. The van der Waals surface area contributed by atoms with Crippen LogP contribution in [0.1, 0.15) is 5.56 Å². The van der Waals surface area contributed by atoms with Crippen LogP contribution in [0.4, 0.5) is 5.69 Å². The van der Waals surface area contributed by atoms with Gasteiger partial charge < -0.3 is 30.5 Å². The van der Waals surface area contributed by atoms with Crippen molar-refractivity contribution in [2.45, 2.75) is 30.6 Å². The number of nitrogens with one attached hydrogen (secondary N) is 2. The van der Waals surface area contributed by atoms with E-state index in [-0.39, 0.29) is 10.8 Å². The van der Waals surface area contributed by atoms with Gasteiger partial charge in [-0.25, -0.2) is 0 Å². The van der Waals surface area contributed by atoms with Crippen LogP contribution in [0.2, 0.25) is 0 Å². The summed E-state index contributed by atoms with van der Waals surface area (Å²) >= 11 is 4.98. The van der Waals surface area contributed by atoms with Crippen molar-refractivity contribution in [1.29, 1.82) is 0 Å². The molecule has 1 aliphatic rings. The van der Waals surface area contributed by atoms with Gasteiger partial charge in [-0.1, -0.05) is 0 Å². The van der Waals surface area contributed by atoms with Crippen molar-refractivity contribution in [2.75, 3.05) is 6.61 Å². The summed E-state index contributed by atoms with van der Waals surface area (Å²) in [5.41, 5.74) is 2.99. The Balaban J connectivity index is 1.88. The second-order valence-electron chi connectivity index (χ2n) is 5.44. The first-order valence-electron chi connectivity index (χ1n) is 7.48. The summed E-state index contributed by atoms with van der Waals surface area (Å²) in [6.45, 7) is -0.554. The number of aliphatic hydroxyl groups excluding tert-OH is 4. The van der Waals surface area contributed by atoms with Crippen molar-refractivity contribution in [3.05, 3.63) is 39.9 Å². The summed E-state index contributed by atoms with van der Waals surface area (Å²) in [7, 11) is 0. The van der Waals surface area contributed by atoms with Crippen LogP contribution in [0.25, 0.3) is 0 Å². The molecule has 0 aromatic heterocycles. The third-order valence-electron chi connectivity index (χ3n) is 3.65. The van der Waals surface area contributed by atoms with E-state index in [1.165, 1.54) is 30.5 Å². The highest BCUT2D eigenvalue weighted by atomic mass is 32.1. The molecule has 2 rings (SSSR count). The largest absolute Gasteiger partial charge is 0.394 e. The highest BCUT2D eigenvalue weighted by Gasteiger charge is 2.43. The number of hydrazone groups is 1. The van der Waals surface area contributed by atoms with Crippen molar-refractivity contribution in [1.82, 2.24) is 10.7 Å². The number of non-ortho nitro benzene ring substituents is 1. The number of nitro benzene ring substituents is 1. The summed E-state index contributed by atoms with van der Waals surface area (Å²) in [5.74, 6) is 0. The molecule has 26 heavy (non-hydrogen) atoms. The van der Waals surface area contributed by atoms with E-state index >= 15 is 0 Å². The number of hydrogen-bond acceptors (Lipinski definition) is 9. The van der Waals surface area contributed by atoms with Crippen molar-refractivity contribution < 1.29 is 30.1 Å². The number of nitrogens with zero attached hydrogens (tertiary/aromatic N) is 2.